The average molecular weight is 295 g/mol. The van der Waals surface area contributed by atoms with Crippen LogP contribution < -0.4 is 5.32 Å². The Morgan fingerprint density at radius 2 is 2.10 bits per heavy atom. The monoisotopic (exact) mass is 295 g/mol. The molecule has 3 N–H and O–H groups in total. The van der Waals surface area contributed by atoms with Crippen molar-refractivity contribution in [1.29, 1.82) is 0 Å². The molecule has 0 saturated heterocycles. The highest BCUT2D eigenvalue weighted by molar-refractivity contribution is 7.97. The molecule has 0 radical (unpaired) electrons. The van der Waals surface area contributed by atoms with Gasteiger partial charge in [-0.2, -0.15) is 16.7 Å². The molecule has 0 spiro atoms. The van der Waals surface area contributed by atoms with Crippen LogP contribution in [0.4, 0.5) is 0 Å². The third kappa shape index (κ3) is 3.21. The lowest BCUT2D eigenvalue weighted by Crippen LogP contribution is -2.23. The van der Waals surface area contributed by atoms with Crippen molar-refractivity contribution >= 4 is 17.7 Å². The van der Waals surface area contributed by atoms with E-state index in [0.29, 0.717) is 11.6 Å². The van der Waals surface area contributed by atoms with Gasteiger partial charge in [0.15, 0.2) is 5.82 Å². The van der Waals surface area contributed by atoms with E-state index < -0.39 is 5.91 Å². The van der Waals surface area contributed by atoms with Gasteiger partial charge in [-0.25, -0.2) is 0 Å². The molecule has 0 aliphatic rings. The molecule has 20 heavy (non-hydrogen) atoms. The molecule has 1 heterocycles. The minimum absolute atomic E-state index is 0.0218. The van der Waals surface area contributed by atoms with Crippen LogP contribution in [0.1, 0.15) is 22.1 Å². The van der Waals surface area contributed by atoms with Crippen molar-refractivity contribution in [3.05, 3.63) is 35.5 Å². The largest absolute Gasteiger partial charge is 0.507 e. The highest BCUT2D eigenvalue weighted by Gasteiger charge is 2.16. The van der Waals surface area contributed by atoms with Crippen molar-refractivity contribution < 1.29 is 19.5 Å². The first-order chi connectivity index (χ1) is 9.61. The second-order valence-electron chi connectivity index (χ2n) is 3.89. The van der Waals surface area contributed by atoms with Gasteiger partial charge in [0, 0.05) is 0 Å². The number of phenols is 2. The molecule has 0 aliphatic carbocycles. The fourth-order valence-corrected chi connectivity index (χ4v) is 1.93. The second kappa shape index (κ2) is 6.29. The maximum Gasteiger partial charge on any atom is 0.259 e. The van der Waals surface area contributed by atoms with Crippen molar-refractivity contribution in [3.63, 3.8) is 0 Å². The molecule has 0 atom stereocenters. The molecule has 0 saturated carbocycles. The van der Waals surface area contributed by atoms with E-state index in [4.69, 9.17) is 4.52 Å². The van der Waals surface area contributed by atoms with Crippen molar-refractivity contribution in [1.82, 2.24) is 15.5 Å². The number of carbonyl (C=O) groups is 1. The summed E-state index contributed by atoms with van der Waals surface area (Å²) in [5.74, 6) is 0.222. The van der Waals surface area contributed by atoms with Gasteiger partial charge in [0.1, 0.15) is 17.1 Å². The average Bonchev–Trinajstić information content (AvgIpc) is 2.84. The third-order valence-electron chi connectivity index (χ3n) is 2.43. The summed E-state index contributed by atoms with van der Waals surface area (Å²) < 4.78 is 4.95. The molecular weight excluding hydrogens is 282 g/mol. The van der Waals surface area contributed by atoms with Gasteiger partial charge in [0.05, 0.1) is 12.3 Å². The maximum absolute atomic E-state index is 11.9. The molecule has 0 bridgehead atoms. The Kier molecular flexibility index (Phi) is 4.46. The molecule has 0 fully saturated rings. The summed E-state index contributed by atoms with van der Waals surface area (Å²) in [6.07, 6.45) is 1.92. The molecule has 2 rings (SSSR count). The third-order valence-corrected chi connectivity index (χ3v) is 2.98. The van der Waals surface area contributed by atoms with Crippen LogP contribution in [-0.2, 0) is 12.3 Å². The second-order valence-corrected chi connectivity index (χ2v) is 4.76. The zero-order valence-corrected chi connectivity index (χ0v) is 11.5. The van der Waals surface area contributed by atoms with E-state index in [9.17, 15) is 15.0 Å². The van der Waals surface area contributed by atoms with E-state index >= 15 is 0 Å². The molecule has 0 unspecified atom stereocenters. The number of nitrogens with zero attached hydrogens (tertiary/aromatic N) is 2. The molecule has 1 aromatic carbocycles. The fourth-order valence-electron chi connectivity index (χ4n) is 1.55. The van der Waals surface area contributed by atoms with Gasteiger partial charge in [-0.3, -0.25) is 4.79 Å². The fraction of sp³-hybridized carbons (Fsp3) is 0.250. The van der Waals surface area contributed by atoms with Crippen molar-refractivity contribution in [2.24, 2.45) is 0 Å². The van der Waals surface area contributed by atoms with Crippen LogP contribution in [0.15, 0.2) is 22.7 Å². The van der Waals surface area contributed by atoms with Gasteiger partial charge in [0.2, 0.25) is 5.89 Å². The van der Waals surface area contributed by atoms with Gasteiger partial charge in [-0.05, 0) is 18.4 Å². The van der Waals surface area contributed by atoms with E-state index in [2.05, 4.69) is 15.5 Å². The van der Waals surface area contributed by atoms with E-state index in [1.165, 1.54) is 18.2 Å². The lowest BCUT2D eigenvalue weighted by atomic mass is 10.1. The highest BCUT2D eigenvalue weighted by Crippen LogP contribution is 2.25. The molecular formula is C12H13N3O4S. The summed E-state index contributed by atoms with van der Waals surface area (Å²) in [4.78, 5) is 15.9. The van der Waals surface area contributed by atoms with Crippen LogP contribution in [0.2, 0.25) is 0 Å². The van der Waals surface area contributed by atoms with Crippen molar-refractivity contribution in [2.75, 3.05) is 6.26 Å². The summed E-state index contributed by atoms with van der Waals surface area (Å²) in [7, 11) is 0. The summed E-state index contributed by atoms with van der Waals surface area (Å²) in [6.45, 7) is 0.0218. The first kappa shape index (κ1) is 14.2. The van der Waals surface area contributed by atoms with E-state index in [-0.39, 0.29) is 29.5 Å². The Morgan fingerprint density at radius 3 is 2.75 bits per heavy atom. The summed E-state index contributed by atoms with van der Waals surface area (Å²) in [5, 5.41) is 25.3. The van der Waals surface area contributed by atoms with Crippen LogP contribution in [0.5, 0.6) is 11.5 Å². The number of hydrogen-bond donors (Lipinski definition) is 3. The van der Waals surface area contributed by atoms with Gasteiger partial charge in [0.25, 0.3) is 5.91 Å². The Labute approximate surface area is 119 Å². The molecule has 1 amide bonds. The van der Waals surface area contributed by atoms with Crippen molar-refractivity contribution in [2.45, 2.75) is 12.3 Å². The van der Waals surface area contributed by atoms with Crippen LogP contribution in [0.3, 0.4) is 0 Å². The standard InChI is InChI=1S/C12H13N3O4S/c1-20-6-9-14-10(19-15-9)5-13-12(18)11-7(16)3-2-4-8(11)17/h2-4,16-17H,5-6H2,1H3,(H,13,18). The van der Waals surface area contributed by atoms with Gasteiger partial charge in [-0.1, -0.05) is 11.2 Å². The number of rotatable bonds is 5. The molecule has 1 aromatic heterocycles. The van der Waals surface area contributed by atoms with Crippen LogP contribution in [-0.4, -0.2) is 32.5 Å². The number of nitrogens with one attached hydrogen (secondary N) is 1. The topological polar surface area (TPSA) is 108 Å². The lowest BCUT2D eigenvalue weighted by molar-refractivity contribution is 0.0941. The number of hydrogen-bond acceptors (Lipinski definition) is 7. The van der Waals surface area contributed by atoms with E-state index in [1.54, 1.807) is 11.8 Å². The molecule has 2 aromatic rings. The number of thioether (sulfide) groups is 1. The van der Waals surface area contributed by atoms with Crippen LogP contribution >= 0.6 is 11.8 Å². The number of aromatic nitrogens is 2. The highest BCUT2D eigenvalue weighted by atomic mass is 32.2. The van der Waals surface area contributed by atoms with Crippen molar-refractivity contribution in [3.8, 4) is 11.5 Å². The minimum atomic E-state index is -0.620. The Hall–Kier alpha value is -2.22. The van der Waals surface area contributed by atoms with Gasteiger partial charge in [-0.15, -0.1) is 0 Å². The normalized spacial score (nSPS) is 10.4. The molecule has 8 heteroatoms. The van der Waals surface area contributed by atoms with Gasteiger partial charge >= 0.3 is 0 Å². The summed E-state index contributed by atoms with van der Waals surface area (Å²) >= 11 is 1.55. The number of phenolic OH excluding ortho intramolecular Hbond substituents is 2. The van der Waals surface area contributed by atoms with Crippen LogP contribution in [0, 0.1) is 0 Å². The zero-order chi connectivity index (χ0) is 14.5. The zero-order valence-electron chi connectivity index (χ0n) is 10.7. The number of aromatic hydroxyl groups is 2. The quantitative estimate of drug-likeness (QED) is 0.762. The summed E-state index contributed by atoms with van der Waals surface area (Å²) in [5.41, 5.74) is -0.184. The van der Waals surface area contributed by atoms with E-state index in [1.807, 2.05) is 6.26 Å². The Balaban J connectivity index is 2.01. The molecule has 7 nitrogen and oxygen atoms in total. The molecule has 106 valence electrons. The first-order valence-electron chi connectivity index (χ1n) is 5.71. The number of benzene rings is 1. The van der Waals surface area contributed by atoms with Gasteiger partial charge < -0.3 is 20.1 Å². The SMILES string of the molecule is CSCc1noc(CNC(=O)c2c(O)cccc2O)n1. The summed E-state index contributed by atoms with van der Waals surface area (Å²) in [6, 6.07) is 4.07. The number of amides is 1. The smallest absolute Gasteiger partial charge is 0.259 e. The number of carbonyl (C=O) groups excluding carboxylic acids is 1. The molecule has 0 aliphatic heterocycles. The minimum Gasteiger partial charge on any atom is -0.507 e. The lowest BCUT2D eigenvalue weighted by Gasteiger charge is -2.06. The maximum atomic E-state index is 11.9. The Morgan fingerprint density at radius 1 is 1.40 bits per heavy atom. The predicted octanol–water partition coefficient (Wildman–Crippen LogP) is 1.27. The Bertz CT molecular complexity index is 594. The van der Waals surface area contributed by atoms with Crippen LogP contribution in [0.25, 0.3) is 0 Å². The predicted molar refractivity (Wildman–Crippen MR) is 72.5 cm³/mol. The first-order valence-corrected chi connectivity index (χ1v) is 7.10. The van der Waals surface area contributed by atoms with E-state index in [0.717, 1.165) is 0 Å².